The second-order valence-corrected chi connectivity index (χ2v) is 6.53. The van der Waals surface area contributed by atoms with Gasteiger partial charge >= 0.3 is 0 Å². The fourth-order valence-electron chi connectivity index (χ4n) is 3.77. The third kappa shape index (κ3) is 2.98. The number of carbonyl (C=O) groups excluding carboxylic acids is 1. The van der Waals surface area contributed by atoms with Crippen molar-refractivity contribution in [2.24, 2.45) is 0 Å². The first kappa shape index (κ1) is 14.4. The van der Waals surface area contributed by atoms with Gasteiger partial charge < -0.3 is 5.32 Å². The molecular weight excluding hydrogens is 286 g/mol. The van der Waals surface area contributed by atoms with Crippen LogP contribution < -0.4 is 5.32 Å². The van der Waals surface area contributed by atoms with Crippen molar-refractivity contribution < 1.29 is 4.79 Å². The van der Waals surface area contributed by atoms with Crippen molar-refractivity contribution in [2.75, 3.05) is 0 Å². The van der Waals surface area contributed by atoms with Crippen molar-refractivity contribution in [2.45, 2.75) is 51.0 Å². The molecule has 1 atom stereocenters. The van der Waals surface area contributed by atoms with E-state index in [4.69, 9.17) is 0 Å². The monoisotopic (exact) mass is 307 g/mol. The van der Waals surface area contributed by atoms with E-state index in [-0.39, 0.29) is 5.91 Å². The number of aryl methyl sites for hydroxylation is 3. The fourth-order valence-corrected chi connectivity index (χ4v) is 3.77. The molecule has 1 unspecified atom stereocenters. The summed E-state index contributed by atoms with van der Waals surface area (Å²) >= 11 is 0. The minimum atomic E-state index is 0.0933. The summed E-state index contributed by atoms with van der Waals surface area (Å²) in [7, 11) is 0. The number of nitrogens with zero attached hydrogens (tertiary/aromatic N) is 2. The smallest absolute Gasteiger partial charge is 0.220 e. The fraction of sp³-hybridized carbons (Fsp3) is 0.421. The van der Waals surface area contributed by atoms with E-state index in [0.717, 1.165) is 37.2 Å². The molecule has 0 radical (unpaired) electrons. The number of nitrogens with one attached hydrogen (secondary N) is 1. The maximum absolute atomic E-state index is 12.2. The molecule has 118 valence electrons. The van der Waals surface area contributed by atoms with E-state index in [9.17, 15) is 4.79 Å². The van der Waals surface area contributed by atoms with Gasteiger partial charge in [-0.3, -0.25) is 4.79 Å². The highest BCUT2D eigenvalue weighted by molar-refractivity contribution is 5.77. The molecular formula is C19H21N3O. The highest BCUT2D eigenvalue weighted by Crippen LogP contribution is 2.35. The van der Waals surface area contributed by atoms with Crippen molar-refractivity contribution >= 4 is 5.91 Å². The molecule has 4 nitrogen and oxygen atoms in total. The number of fused-ring (bicyclic) bond motifs is 2. The number of aromatic nitrogens is 2. The van der Waals surface area contributed by atoms with Crippen molar-refractivity contribution in [3.63, 3.8) is 0 Å². The van der Waals surface area contributed by atoms with Crippen LogP contribution in [0, 0.1) is 0 Å². The Bertz CT molecular complexity index is 741. The van der Waals surface area contributed by atoms with Crippen LogP contribution >= 0.6 is 0 Å². The minimum Gasteiger partial charge on any atom is -0.349 e. The summed E-state index contributed by atoms with van der Waals surface area (Å²) < 4.78 is 0. The minimum absolute atomic E-state index is 0.0933. The van der Waals surface area contributed by atoms with Crippen LogP contribution in [0.4, 0.5) is 0 Å². The lowest BCUT2D eigenvalue weighted by Gasteiger charge is -2.11. The lowest BCUT2D eigenvalue weighted by Crippen LogP contribution is -2.25. The molecule has 1 aromatic heterocycles. The van der Waals surface area contributed by atoms with E-state index in [1.165, 1.54) is 23.1 Å². The summed E-state index contributed by atoms with van der Waals surface area (Å²) in [5, 5.41) is 2.98. The van der Waals surface area contributed by atoms with Crippen molar-refractivity contribution in [3.05, 3.63) is 58.7 Å². The van der Waals surface area contributed by atoms with Gasteiger partial charge in [0.1, 0.15) is 5.82 Å². The third-order valence-electron chi connectivity index (χ3n) is 5.00. The molecule has 0 saturated heterocycles. The van der Waals surface area contributed by atoms with Gasteiger partial charge in [0.2, 0.25) is 5.91 Å². The van der Waals surface area contributed by atoms with Crippen LogP contribution in [0.2, 0.25) is 0 Å². The number of amides is 1. The molecule has 2 aliphatic carbocycles. The molecule has 1 heterocycles. The lowest BCUT2D eigenvalue weighted by atomic mass is 9.97. The maximum Gasteiger partial charge on any atom is 0.220 e. The van der Waals surface area contributed by atoms with E-state index in [2.05, 4.69) is 39.6 Å². The topological polar surface area (TPSA) is 54.9 Å². The Morgan fingerprint density at radius 2 is 2.09 bits per heavy atom. The first-order chi connectivity index (χ1) is 11.3. The number of hydrogen-bond acceptors (Lipinski definition) is 3. The second kappa shape index (κ2) is 6.11. The Morgan fingerprint density at radius 1 is 1.17 bits per heavy atom. The average Bonchev–Trinajstić information content (AvgIpc) is 3.20. The van der Waals surface area contributed by atoms with Crippen molar-refractivity contribution in [1.82, 2.24) is 15.3 Å². The van der Waals surface area contributed by atoms with Crippen molar-refractivity contribution in [1.29, 1.82) is 0 Å². The predicted octanol–water partition coefficient (Wildman–Crippen LogP) is 2.70. The first-order valence-corrected chi connectivity index (χ1v) is 8.48. The Hall–Kier alpha value is -2.23. The highest BCUT2D eigenvalue weighted by Gasteiger charge is 2.24. The van der Waals surface area contributed by atoms with Gasteiger partial charge in [0, 0.05) is 18.3 Å². The molecule has 0 fully saturated rings. The van der Waals surface area contributed by atoms with Crippen molar-refractivity contribution in [3.8, 4) is 0 Å². The molecule has 1 aromatic carbocycles. The zero-order valence-electron chi connectivity index (χ0n) is 13.2. The number of carbonyl (C=O) groups is 1. The summed E-state index contributed by atoms with van der Waals surface area (Å²) in [6.07, 6.45) is 7.93. The Kier molecular flexibility index (Phi) is 3.82. The van der Waals surface area contributed by atoms with Crippen LogP contribution in [-0.2, 0) is 30.6 Å². The van der Waals surface area contributed by atoms with Crippen LogP contribution in [0.5, 0.6) is 0 Å². The predicted molar refractivity (Wildman–Crippen MR) is 88.0 cm³/mol. The highest BCUT2D eigenvalue weighted by atomic mass is 16.1. The molecule has 4 rings (SSSR count). The Morgan fingerprint density at radius 3 is 3.04 bits per heavy atom. The average molecular weight is 307 g/mol. The second-order valence-electron chi connectivity index (χ2n) is 6.53. The molecule has 23 heavy (non-hydrogen) atoms. The number of rotatable bonds is 4. The van der Waals surface area contributed by atoms with Gasteiger partial charge in [0.15, 0.2) is 0 Å². The van der Waals surface area contributed by atoms with Gasteiger partial charge in [-0.05, 0) is 54.7 Å². The molecule has 2 aromatic rings. The number of benzene rings is 1. The number of hydrogen-bond donors (Lipinski definition) is 1. The summed E-state index contributed by atoms with van der Waals surface area (Å²) in [6, 6.07) is 8.47. The molecule has 0 aliphatic heterocycles. The summed E-state index contributed by atoms with van der Waals surface area (Å²) in [5.41, 5.74) is 5.17. The largest absolute Gasteiger partial charge is 0.349 e. The standard InChI is InChI=1S/C19H21N3O/c23-19(10-14-9-8-13-4-1-2-6-16(13)14)21-12-18-20-11-15-5-3-7-17(15)22-18/h1-2,4,6,11,14H,3,5,7-10,12H2,(H,21,23). The quantitative estimate of drug-likeness (QED) is 0.945. The molecule has 0 bridgehead atoms. The zero-order chi connectivity index (χ0) is 15.6. The van der Waals surface area contributed by atoms with Gasteiger partial charge in [0.05, 0.1) is 6.54 Å². The third-order valence-corrected chi connectivity index (χ3v) is 5.00. The molecule has 1 N–H and O–H groups in total. The van der Waals surface area contributed by atoms with E-state index < -0.39 is 0 Å². The van der Waals surface area contributed by atoms with Crippen LogP contribution in [0.15, 0.2) is 30.5 Å². The summed E-state index contributed by atoms with van der Waals surface area (Å²) in [6.45, 7) is 0.431. The van der Waals surface area contributed by atoms with E-state index in [1.54, 1.807) is 0 Å². The van der Waals surface area contributed by atoms with Gasteiger partial charge in [0.25, 0.3) is 0 Å². The van der Waals surface area contributed by atoms with Gasteiger partial charge in [-0.2, -0.15) is 0 Å². The summed E-state index contributed by atoms with van der Waals surface area (Å²) in [5.74, 6) is 1.17. The maximum atomic E-state index is 12.2. The first-order valence-electron chi connectivity index (χ1n) is 8.48. The normalized spacial score (nSPS) is 18.5. The van der Waals surface area contributed by atoms with E-state index in [1.807, 2.05) is 6.20 Å². The Labute approximate surface area is 136 Å². The van der Waals surface area contributed by atoms with E-state index >= 15 is 0 Å². The van der Waals surface area contributed by atoms with Gasteiger partial charge in [-0.15, -0.1) is 0 Å². The lowest BCUT2D eigenvalue weighted by molar-refractivity contribution is -0.121. The zero-order valence-corrected chi connectivity index (χ0v) is 13.2. The van der Waals surface area contributed by atoms with Crippen LogP contribution in [0.1, 0.15) is 53.4 Å². The van der Waals surface area contributed by atoms with Crippen LogP contribution in [0.3, 0.4) is 0 Å². The van der Waals surface area contributed by atoms with Crippen LogP contribution in [-0.4, -0.2) is 15.9 Å². The van der Waals surface area contributed by atoms with Crippen LogP contribution in [0.25, 0.3) is 0 Å². The SMILES string of the molecule is O=C(CC1CCc2ccccc21)NCc1ncc2c(n1)CCC2. The molecule has 2 aliphatic rings. The molecule has 4 heteroatoms. The summed E-state index contributed by atoms with van der Waals surface area (Å²) in [4.78, 5) is 21.2. The van der Waals surface area contributed by atoms with Gasteiger partial charge in [-0.1, -0.05) is 24.3 Å². The van der Waals surface area contributed by atoms with E-state index in [0.29, 0.717) is 18.9 Å². The molecule has 1 amide bonds. The molecule has 0 spiro atoms. The molecule has 0 saturated carbocycles. The van der Waals surface area contributed by atoms with Gasteiger partial charge in [-0.25, -0.2) is 9.97 Å². The Balaban J connectivity index is 1.34.